The maximum atomic E-state index is 11.2. The zero-order chi connectivity index (χ0) is 12.7. The Kier molecular flexibility index (Phi) is 5.20. The molecular weight excluding hydrogens is 216 g/mol. The molecule has 0 aliphatic heterocycles. The van der Waals surface area contributed by atoms with E-state index in [0.717, 1.165) is 11.1 Å². The average Bonchev–Trinajstić information content (AvgIpc) is 2.36. The summed E-state index contributed by atoms with van der Waals surface area (Å²) in [5, 5.41) is 5.39. The minimum atomic E-state index is -0.0141. The van der Waals surface area contributed by atoms with Crippen molar-refractivity contribution in [3.63, 3.8) is 0 Å². The van der Waals surface area contributed by atoms with E-state index in [1.165, 1.54) is 0 Å². The number of carbonyl (C=O) groups is 2. The molecule has 2 amide bonds. The molecule has 1 aromatic rings. The maximum Gasteiger partial charge on any atom is 0.224 e. The van der Waals surface area contributed by atoms with Crippen molar-refractivity contribution in [3.05, 3.63) is 35.4 Å². The molecular formula is C13H18N2O2. The smallest absolute Gasteiger partial charge is 0.224 e. The summed E-state index contributed by atoms with van der Waals surface area (Å²) in [5.41, 5.74) is 1.96. The predicted octanol–water partition coefficient (Wildman–Crippen LogP) is 1.00. The third-order valence-electron chi connectivity index (χ3n) is 2.45. The Labute approximate surface area is 101 Å². The van der Waals surface area contributed by atoms with E-state index in [9.17, 15) is 9.59 Å². The molecule has 1 rings (SSSR count). The Hall–Kier alpha value is -1.84. The van der Waals surface area contributed by atoms with Crippen LogP contribution < -0.4 is 10.6 Å². The van der Waals surface area contributed by atoms with Crippen LogP contribution in [0.15, 0.2) is 24.3 Å². The number of hydrogen-bond acceptors (Lipinski definition) is 2. The fourth-order valence-corrected chi connectivity index (χ4v) is 1.45. The first-order valence-corrected chi connectivity index (χ1v) is 5.70. The molecule has 4 heteroatoms. The minimum absolute atomic E-state index is 0.0141. The summed E-state index contributed by atoms with van der Waals surface area (Å²) in [6, 6.07) is 7.67. The summed E-state index contributed by atoms with van der Waals surface area (Å²) in [7, 11) is 1.62. The fourth-order valence-electron chi connectivity index (χ4n) is 1.45. The van der Waals surface area contributed by atoms with Crippen molar-refractivity contribution < 1.29 is 9.59 Å². The Morgan fingerprint density at radius 2 is 1.88 bits per heavy atom. The van der Waals surface area contributed by atoms with Gasteiger partial charge in [0.15, 0.2) is 0 Å². The van der Waals surface area contributed by atoms with Gasteiger partial charge >= 0.3 is 0 Å². The highest BCUT2D eigenvalue weighted by Gasteiger charge is 2.02. The van der Waals surface area contributed by atoms with Crippen molar-refractivity contribution in [2.45, 2.75) is 26.3 Å². The Balaban J connectivity index is 2.59. The number of nitrogens with one attached hydrogen (secondary N) is 2. The van der Waals surface area contributed by atoms with Gasteiger partial charge in [-0.05, 0) is 11.1 Å². The van der Waals surface area contributed by atoms with Crippen molar-refractivity contribution in [3.8, 4) is 0 Å². The second-order valence-corrected chi connectivity index (χ2v) is 3.80. The molecule has 0 heterocycles. The van der Waals surface area contributed by atoms with Crippen molar-refractivity contribution in [2.24, 2.45) is 0 Å². The monoisotopic (exact) mass is 234 g/mol. The van der Waals surface area contributed by atoms with E-state index in [0.29, 0.717) is 19.4 Å². The van der Waals surface area contributed by atoms with Gasteiger partial charge in [0.2, 0.25) is 11.8 Å². The third kappa shape index (κ3) is 4.68. The SMILES string of the molecule is CCC(=O)NCc1cccc(CC(=O)NC)c1. The van der Waals surface area contributed by atoms with Crippen molar-refractivity contribution >= 4 is 11.8 Å². The van der Waals surface area contributed by atoms with Gasteiger partial charge in [0.1, 0.15) is 0 Å². The molecule has 0 aliphatic carbocycles. The summed E-state index contributed by atoms with van der Waals surface area (Å²) in [4.78, 5) is 22.3. The summed E-state index contributed by atoms with van der Waals surface area (Å²) in [6.07, 6.45) is 0.851. The molecule has 17 heavy (non-hydrogen) atoms. The summed E-state index contributed by atoms with van der Waals surface area (Å²) >= 11 is 0. The predicted molar refractivity (Wildman–Crippen MR) is 66.4 cm³/mol. The van der Waals surface area contributed by atoms with Crippen molar-refractivity contribution in [2.75, 3.05) is 7.05 Å². The summed E-state index contributed by atoms with van der Waals surface area (Å²) in [6.45, 7) is 2.32. The minimum Gasteiger partial charge on any atom is -0.359 e. The van der Waals surface area contributed by atoms with Crippen LogP contribution in [0.3, 0.4) is 0 Å². The zero-order valence-corrected chi connectivity index (χ0v) is 10.2. The third-order valence-corrected chi connectivity index (χ3v) is 2.45. The molecule has 0 saturated heterocycles. The first kappa shape index (κ1) is 13.2. The normalized spacial score (nSPS) is 9.76. The van der Waals surface area contributed by atoms with Gasteiger partial charge in [0.05, 0.1) is 6.42 Å². The quantitative estimate of drug-likeness (QED) is 0.798. The largest absolute Gasteiger partial charge is 0.359 e. The number of likely N-dealkylation sites (N-methyl/N-ethyl adjacent to an activating group) is 1. The molecule has 0 bridgehead atoms. The molecule has 0 aliphatic rings. The number of carbonyl (C=O) groups excluding carboxylic acids is 2. The van der Waals surface area contributed by atoms with E-state index in [4.69, 9.17) is 0 Å². The van der Waals surface area contributed by atoms with Crippen molar-refractivity contribution in [1.29, 1.82) is 0 Å². The van der Waals surface area contributed by atoms with Crippen LogP contribution in [-0.4, -0.2) is 18.9 Å². The van der Waals surface area contributed by atoms with Gasteiger partial charge in [-0.1, -0.05) is 31.2 Å². The lowest BCUT2D eigenvalue weighted by molar-refractivity contribution is -0.121. The lowest BCUT2D eigenvalue weighted by atomic mass is 10.1. The van der Waals surface area contributed by atoms with Crippen LogP contribution >= 0.6 is 0 Å². The van der Waals surface area contributed by atoms with Gasteiger partial charge in [0, 0.05) is 20.0 Å². The molecule has 0 saturated carbocycles. The van der Waals surface area contributed by atoms with E-state index in [2.05, 4.69) is 10.6 Å². The fraction of sp³-hybridized carbons (Fsp3) is 0.385. The van der Waals surface area contributed by atoms with Gasteiger partial charge in [-0.25, -0.2) is 0 Å². The molecule has 0 atom stereocenters. The Morgan fingerprint density at radius 3 is 2.53 bits per heavy atom. The maximum absolute atomic E-state index is 11.2. The van der Waals surface area contributed by atoms with E-state index >= 15 is 0 Å². The summed E-state index contributed by atoms with van der Waals surface area (Å²) in [5.74, 6) is 0.0152. The molecule has 2 N–H and O–H groups in total. The molecule has 0 spiro atoms. The highest BCUT2D eigenvalue weighted by Crippen LogP contribution is 2.06. The molecule has 92 valence electrons. The Morgan fingerprint density at radius 1 is 1.18 bits per heavy atom. The average molecular weight is 234 g/mol. The van der Waals surface area contributed by atoms with E-state index < -0.39 is 0 Å². The number of hydrogen-bond donors (Lipinski definition) is 2. The number of amides is 2. The standard InChI is InChI=1S/C13H18N2O2/c1-3-12(16)15-9-11-6-4-5-10(7-11)8-13(17)14-2/h4-7H,3,8-9H2,1-2H3,(H,14,17)(H,15,16). The number of rotatable bonds is 5. The molecule has 0 radical (unpaired) electrons. The summed E-state index contributed by atoms with van der Waals surface area (Å²) < 4.78 is 0. The van der Waals surface area contributed by atoms with Crippen LogP contribution in [0.4, 0.5) is 0 Å². The first-order valence-electron chi connectivity index (χ1n) is 5.70. The second kappa shape index (κ2) is 6.68. The van der Waals surface area contributed by atoms with Crippen LogP contribution in [0.25, 0.3) is 0 Å². The first-order chi connectivity index (χ1) is 8.15. The van der Waals surface area contributed by atoms with Gasteiger partial charge in [-0.3, -0.25) is 9.59 Å². The van der Waals surface area contributed by atoms with Crippen LogP contribution in [0.5, 0.6) is 0 Å². The van der Waals surface area contributed by atoms with Gasteiger partial charge in [-0.2, -0.15) is 0 Å². The highest BCUT2D eigenvalue weighted by atomic mass is 16.2. The molecule has 0 aromatic heterocycles. The second-order valence-electron chi connectivity index (χ2n) is 3.80. The van der Waals surface area contributed by atoms with Crippen LogP contribution in [0, 0.1) is 0 Å². The van der Waals surface area contributed by atoms with Crippen LogP contribution in [-0.2, 0) is 22.6 Å². The van der Waals surface area contributed by atoms with Crippen LogP contribution in [0.1, 0.15) is 24.5 Å². The zero-order valence-electron chi connectivity index (χ0n) is 10.2. The molecule has 1 aromatic carbocycles. The van der Waals surface area contributed by atoms with E-state index in [-0.39, 0.29) is 11.8 Å². The van der Waals surface area contributed by atoms with Crippen molar-refractivity contribution in [1.82, 2.24) is 10.6 Å². The molecule has 0 fully saturated rings. The highest BCUT2D eigenvalue weighted by molar-refractivity contribution is 5.78. The van der Waals surface area contributed by atoms with E-state index in [1.807, 2.05) is 31.2 Å². The molecule has 0 unspecified atom stereocenters. The lowest BCUT2D eigenvalue weighted by Crippen LogP contribution is -2.22. The topological polar surface area (TPSA) is 58.2 Å². The van der Waals surface area contributed by atoms with Gasteiger partial charge in [0.25, 0.3) is 0 Å². The number of benzene rings is 1. The van der Waals surface area contributed by atoms with E-state index in [1.54, 1.807) is 7.05 Å². The Bertz CT molecular complexity index is 402. The van der Waals surface area contributed by atoms with Gasteiger partial charge in [-0.15, -0.1) is 0 Å². The molecule has 4 nitrogen and oxygen atoms in total. The van der Waals surface area contributed by atoms with Crippen LogP contribution in [0.2, 0.25) is 0 Å². The van der Waals surface area contributed by atoms with Gasteiger partial charge < -0.3 is 10.6 Å². The lowest BCUT2D eigenvalue weighted by Gasteiger charge is -2.06.